The average Bonchev–Trinajstić information content (AvgIpc) is 2.27. The van der Waals surface area contributed by atoms with E-state index in [0.29, 0.717) is 30.3 Å². The van der Waals surface area contributed by atoms with E-state index in [0.717, 1.165) is 6.42 Å². The van der Waals surface area contributed by atoms with E-state index < -0.39 is 0 Å². The summed E-state index contributed by atoms with van der Waals surface area (Å²) in [6.07, 6.45) is 0.960. The predicted molar refractivity (Wildman–Crippen MR) is 77.2 cm³/mol. The molecule has 0 unspecified atom stereocenters. The number of ketones is 1. The number of benzene rings is 1. The minimum absolute atomic E-state index is 0.0159. The van der Waals surface area contributed by atoms with Crippen LogP contribution in [0.4, 0.5) is 0 Å². The van der Waals surface area contributed by atoms with Crippen LogP contribution in [0.5, 0.6) is 11.5 Å². The summed E-state index contributed by atoms with van der Waals surface area (Å²) in [5.41, 5.74) is 0.859. The molecule has 0 N–H and O–H groups in total. The summed E-state index contributed by atoms with van der Waals surface area (Å²) in [6.45, 7) is 11.2. The van der Waals surface area contributed by atoms with Gasteiger partial charge in [0.05, 0.1) is 13.2 Å². The normalized spacial score (nSPS) is 11.2. The highest BCUT2D eigenvalue weighted by atomic mass is 16.5. The molecule has 3 heteroatoms. The van der Waals surface area contributed by atoms with Crippen LogP contribution in [-0.4, -0.2) is 19.0 Å². The molecule has 1 rings (SSSR count). The first kappa shape index (κ1) is 15.5. The molecule has 0 fully saturated rings. The summed E-state index contributed by atoms with van der Waals surface area (Å²) in [5.74, 6) is 1.39. The molecule has 0 aromatic heterocycles. The second-order valence-corrected chi connectivity index (χ2v) is 5.84. The largest absolute Gasteiger partial charge is 0.494 e. The second kappa shape index (κ2) is 6.60. The van der Waals surface area contributed by atoms with Crippen LogP contribution < -0.4 is 9.47 Å². The van der Waals surface area contributed by atoms with Gasteiger partial charge in [0.2, 0.25) is 0 Å². The molecule has 0 heterocycles. The van der Waals surface area contributed by atoms with Crippen molar-refractivity contribution in [1.29, 1.82) is 0 Å². The summed E-state index contributed by atoms with van der Waals surface area (Å²) < 4.78 is 11.2. The molecule has 3 nitrogen and oxygen atoms in total. The Labute approximate surface area is 115 Å². The lowest BCUT2D eigenvalue weighted by Crippen LogP contribution is -2.11. The Morgan fingerprint density at radius 3 is 2.16 bits per heavy atom. The van der Waals surface area contributed by atoms with E-state index in [-0.39, 0.29) is 11.2 Å². The van der Waals surface area contributed by atoms with Gasteiger partial charge >= 0.3 is 0 Å². The lowest BCUT2D eigenvalue weighted by molar-refractivity contribution is 0.101. The van der Waals surface area contributed by atoms with Gasteiger partial charge in [0.25, 0.3) is 0 Å². The minimum Gasteiger partial charge on any atom is -0.494 e. The van der Waals surface area contributed by atoms with Gasteiger partial charge in [-0.25, -0.2) is 0 Å². The fraction of sp³-hybridized carbons (Fsp3) is 0.562. The fourth-order valence-corrected chi connectivity index (χ4v) is 1.58. The van der Waals surface area contributed by atoms with Crippen LogP contribution in [0.2, 0.25) is 0 Å². The molecule has 0 spiro atoms. The van der Waals surface area contributed by atoms with Crippen LogP contribution in [0.1, 0.15) is 51.4 Å². The Balaban J connectivity index is 2.78. The lowest BCUT2D eigenvalue weighted by atomic mass is 9.93. The van der Waals surface area contributed by atoms with Crippen LogP contribution >= 0.6 is 0 Å². The zero-order valence-electron chi connectivity index (χ0n) is 12.6. The van der Waals surface area contributed by atoms with Crippen molar-refractivity contribution < 1.29 is 14.3 Å². The summed E-state index contributed by atoms with van der Waals surface area (Å²) >= 11 is 0. The Bertz CT molecular complexity index is 430. The smallest absolute Gasteiger partial charge is 0.160 e. The van der Waals surface area contributed by atoms with Gasteiger partial charge in [-0.1, -0.05) is 20.8 Å². The molecule has 0 bridgehead atoms. The van der Waals surface area contributed by atoms with Crippen molar-refractivity contribution >= 4 is 5.78 Å². The highest BCUT2D eigenvalue weighted by Gasteiger charge is 2.11. The third kappa shape index (κ3) is 5.77. The van der Waals surface area contributed by atoms with Gasteiger partial charge in [-0.3, -0.25) is 4.79 Å². The standard InChI is InChI=1S/C16H24O3/c1-6-18-14-9-13(12(2)17)10-15(11-14)19-8-7-16(3,4)5/h9-11H,6-8H2,1-5H3. The number of rotatable bonds is 6. The van der Waals surface area contributed by atoms with E-state index in [1.54, 1.807) is 19.1 Å². The van der Waals surface area contributed by atoms with Crippen LogP contribution in [0, 0.1) is 5.41 Å². The fourth-order valence-electron chi connectivity index (χ4n) is 1.58. The van der Waals surface area contributed by atoms with Crippen LogP contribution in [0.25, 0.3) is 0 Å². The SMILES string of the molecule is CCOc1cc(OCCC(C)(C)C)cc(C(C)=O)c1. The molecule has 0 aliphatic carbocycles. The monoisotopic (exact) mass is 264 g/mol. The van der Waals surface area contributed by atoms with Gasteiger partial charge in [-0.15, -0.1) is 0 Å². The molecule has 0 aliphatic rings. The quantitative estimate of drug-likeness (QED) is 0.725. The zero-order valence-corrected chi connectivity index (χ0v) is 12.6. The Kier molecular flexibility index (Phi) is 5.40. The molecule has 0 radical (unpaired) electrons. The first-order chi connectivity index (χ1) is 8.81. The molecule has 0 amide bonds. The topological polar surface area (TPSA) is 35.5 Å². The maximum atomic E-state index is 11.5. The number of Topliss-reactive ketones (excluding diaryl/α,β-unsaturated/α-hetero) is 1. The minimum atomic E-state index is 0.0159. The number of ether oxygens (including phenoxy) is 2. The third-order valence-electron chi connectivity index (χ3n) is 2.72. The van der Waals surface area contributed by atoms with E-state index in [4.69, 9.17) is 9.47 Å². The molecule has 106 valence electrons. The van der Waals surface area contributed by atoms with Gasteiger partial charge in [0.1, 0.15) is 11.5 Å². The highest BCUT2D eigenvalue weighted by Crippen LogP contribution is 2.25. The molecule has 0 atom stereocenters. The molecule has 0 saturated carbocycles. The number of carbonyl (C=O) groups is 1. The summed E-state index contributed by atoms with van der Waals surface area (Å²) in [5, 5.41) is 0. The van der Waals surface area contributed by atoms with Crippen molar-refractivity contribution in [2.75, 3.05) is 13.2 Å². The van der Waals surface area contributed by atoms with Crippen molar-refractivity contribution in [2.24, 2.45) is 5.41 Å². The van der Waals surface area contributed by atoms with Gasteiger partial charge in [0.15, 0.2) is 5.78 Å². The van der Waals surface area contributed by atoms with Crippen molar-refractivity contribution in [2.45, 2.75) is 41.0 Å². The highest BCUT2D eigenvalue weighted by molar-refractivity contribution is 5.94. The van der Waals surface area contributed by atoms with E-state index in [1.807, 2.05) is 13.0 Å². The van der Waals surface area contributed by atoms with E-state index in [9.17, 15) is 4.79 Å². The Hall–Kier alpha value is -1.51. The van der Waals surface area contributed by atoms with E-state index in [2.05, 4.69) is 20.8 Å². The maximum absolute atomic E-state index is 11.5. The van der Waals surface area contributed by atoms with Crippen molar-refractivity contribution in [3.8, 4) is 11.5 Å². The molecule has 1 aromatic carbocycles. The van der Waals surface area contributed by atoms with Crippen molar-refractivity contribution in [3.63, 3.8) is 0 Å². The van der Waals surface area contributed by atoms with E-state index in [1.165, 1.54) is 0 Å². The Morgan fingerprint density at radius 1 is 1.11 bits per heavy atom. The lowest BCUT2D eigenvalue weighted by Gasteiger charge is -2.18. The van der Waals surface area contributed by atoms with Gasteiger partial charge in [-0.2, -0.15) is 0 Å². The predicted octanol–water partition coefficient (Wildman–Crippen LogP) is 4.10. The first-order valence-electron chi connectivity index (χ1n) is 6.73. The molecule has 19 heavy (non-hydrogen) atoms. The summed E-state index contributed by atoms with van der Waals surface area (Å²) in [7, 11) is 0. The molecular weight excluding hydrogens is 240 g/mol. The van der Waals surface area contributed by atoms with Crippen LogP contribution in [0.3, 0.4) is 0 Å². The summed E-state index contributed by atoms with van der Waals surface area (Å²) in [6, 6.07) is 5.36. The number of hydrogen-bond donors (Lipinski definition) is 0. The number of carbonyl (C=O) groups excluding carboxylic acids is 1. The van der Waals surface area contributed by atoms with Crippen molar-refractivity contribution in [3.05, 3.63) is 23.8 Å². The van der Waals surface area contributed by atoms with E-state index >= 15 is 0 Å². The zero-order chi connectivity index (χ0) is 14.5. The molecular formula is C16H24O3. The van der Waals surface area contributed by atoms with Gasteiger partial charge in [-0.05, 0) is 37.8 Å². The van der Waals surface area contributed by atoms with Crippen LogP contribution in [-0.2, 0) is 0 Å². The van der Waals surface area contributed by atoms with Gasteiger partial charge in [0, 0.05) is 11.6 Å². The van der Waals surface area contributed by atoms with Gasteiger partial charge < -0.3 is 9.47 Å². The first-order valence-corrected chi connectivity index (χ1v) is 6.73. The molecule has 0 saturated heterocycles. The van der Waals surface area contributed by atoms with Crippen LogP contribution in [0.15, 0.2) is 18.2 Å². The maximum Gasteiger partial charge on any atom is 0.160 e. The molecule has 0 aliphatic heterocycles. The number of hydrogen-bond acceptors (Lipinski definition) is 3. The third-order valence-corrected chi connectivity index (χ3v) is 2.72. The van der Waals surface area contributed by atoms with Crippen molar-refractivity contribution in [1.82, 2.24) is 0 Å². The molecule has 1 aromatic rings. The second-order valence-electron chi connectivity index (χ2n) is 5.84. The summed E-state index contributed by atoms with van der Waals surface area (Å²) in [4.78, 5) is 11.5. The Morgan fingerprint density at radius 2 is 1.68 bits per heavy atom. The average molecular weight is 264 g/mol.